The van der Waals surface area contributed by atoms with Crippen molar-refractivity contribution < 1.29 is 9.53 Å². The molecule has 3 aromatic rings. The maximum Gasteiger partial charge on any atom is 0.279 e. The summed E-state index contributed by atoms with van der Waals surface area (Å²) in [4.78, 5) is 17.4. The van der Waals surface area contributed by atoms with Gasteiger partial charge in [0.1, 0.15) is 5.75 Å². The monoisotopic (exact) mass is 388 g/mol. The first kappa shape index (κ1) is 18.7. The van der Waals surface area contributed by atoms with Gasteiger partial charge in [-0.05, 0) is 42.8 Å². The Morgan fingerprint density at radius 3 is 2.65 bits per heavy atom. The Morgan fingerprint density at radius 2 is 1.96 bits per heavy atom. The summed E-state index contributed by atoms with van der Waals surface area (Å²) in [5, 5.41) is 0.653. The molecule has 0 radical (unpaired) electrons. The van der Waals surface area contributed by atoms with E-state index in [0.717, 1.165) is 28.8 Å². The van der Waals surface area contributed by atoms with Crippen LogP contribution in [0, 0.1) is 0 Å². The van der Waals surface area contributed by atoms with Crippen LogP contribution in [0.4, 0.5) is 0 Å². The maximum absolute atomic E-state index is 12.5. The van der Waals surface area contributed by atoms with Gasteiger partial charge in [0.15, 0.2) is 4.80 Å². The number of aromatic nitrogens is 1. The van der Waals surface area contributed by atoms with Crippen LogP contribution in [0.3, 0.4) is 0 Å². The summed E-state index contributed by atoms with van der Waals surface area (Å²) in [6.45, 7) is 2.86. The van der Waals surface area contributed by atoms with Gasteiger partial charge >= 0.3 is 0 Å². The van der Waals surface area contributed by atoms with E-state index in [0.29, 0.717) is 22.0 Å². The summed E-state index contributed by atoms with van der Waals surface area (Å²) in [6.07, 6.45) is 3.36. The first-order valence-corrected chi connectivity index (χ1v) is 9.85. The Kier molecular flexibility index (Phi) is 6.12. The summed E-state index contributed by atoms with van der Waals surface area (Å²) in [5.41, 5.74) is 1.43. The minimum Gasteiger partial charge on any atom is -0.494 e. The predicted octanol–water partition coefficient (Wildman–Crippen LogP) is 5.20. The van der Waals surface area contributed by atoms with Crippen LogP contribution >= 0.6 is 22.9 Å². The number of hydrogen-bond acceptors (Lipinski definition) is 3. The number of carbonyl (C=O) groups is 1. The number of benzene rings is 2. The van der Waals surface area contributed by atoms with Crippen LogP contribution in [0.5, 0.6) is 5.75 Å². The van der Waals surface area contributed by atoms with Crippen LogP contribution in [0.1, 0.15) is 36.5 Å². The predicted molar refractivity (Wildman–Crippen MR) is 107 cm³/mol. The van der Waals surface area contributed by atoms with Gasteiger partial charge in [0.25, 0.3) is 5.91 Å². The van der Waals surface area contributed by atoms with Crippen molar-refractivity contribution in [3.05, 3.63) is 57.9 Å². The van der Waals surface area contributed by atoms with Crippen molar-refractivity contribution in [1.29, 1.82) is 0 Å². The molecule has 0 spiro atoms. The third-order valence-electron chi connectivity index (χ3n) is 4.09. The highest BCUT2D eigenvalue weighted by atomic mass is 35.5. The van der Waals surface area contributed by atoms with E-state index in [1.807, 2.05) is 41.9 Å². The lowest BCUT2D eigenvalue weighted by atomic mass is 10.2. The van der Waals surface area contributed by atoms with Gasteiger partial charge in [-0.1, -0.05) is 48.8 Å². The van der Waals surface area contributed by atoms with Gasteiger partial charge in [0.2, 0.25) is 0 Å². The van der Waals surface area contributed by atoms with Crippen LogP contribution in [-0.4, -0.2) is 17.1 Å². The van der Waals surface area contributed by atoms with E-state index in [1.54, 1.807) is 12.1 Å². The number of ether oxygens (including phenoxy) is 1. The molecule has 0 aliphatic rings. The molecule has 2 aromatic carbocycles. The fourth-order valence-electron chi connectivity index (χ4n) is 2.65. The second-order valence-corrected chi connectivity index (χ2v) is 7.44. The number of amides is 1. The molecular formula is C20H21ClN2O2S. The summed E-state index contributed by atoms with van der Waals surface area (Å²) < 4.78 is 8.53. The molecule has 0 unspecified atom stereocenters. The molecule has 136 valence electrons. The first-order valence-electron chi connectivity index (χ1n) is 8.66. The van der Waals surface area contributed by atoms with E-state index in [1.165, 1.54) is 17.8 Å². The van der Waals surface area contributed by atoms with Crippen molar-refractivity contribution in [2.75, 3.05) is 6.61 Å². The quantitative estimate of drug-likeness (QED) is 0.544. The van der Waals surface area contributed by atoms with Gasteiger partial charge in [-0.15, -0.1) is 0 Å². The zero-order valence-electron chi connectivity index (χ0n) is 14.9. The lowest BCUT2D eigenvalue weighted by Crippen LogP contribution is -2.13. The Hall–Kier alpha value is -2.11. The van der Waals surface area contributed by atoms with E-state index in [2.05, 4.69) is 11.9 Å². The number of halogens is 1. The summed E-state index contributed by atoms with van der Waals surface area (Å²) in [6, 6.07) is 12.8. The van der Waals surface area contributed by atoms with E-state index in [-0.39, 0.29) is 5.91 Å². The van der Waals surface area contributed by atoms with E-state index < -0.39 is 0 Å². The number of carbonyl (C=O) groups excluding carboxylic acids is 1. The molecule has 3 rings (SSSR count). The molecule has 0 saturated heterocycles. The van der Waals surface area contributed by atoms with Gasteiger partial charge < -0.3 is 9.30 Å². The number of thiazole rings is 1. The van der Waals surface area contributed by atoms with Crippen molar-refractivity contribution >= 4 is 39.1 Å². The largest absolute Gasteiger partial charge is 0.494 e. The molecule has 6 heteroatoms. The van der Waals surface area contributed by atoms with Crippen molar-refractivity contribution in [2.45, 2.75) is 26.2 Å². The van der Waals surface area contributed by atoms with Crippen molar-refractivity contribution in [3.8, 4) is 5.75 Å². The summed E-state index contributed by atoms with van der Waals surface area (Å²) in [5.74, 6) is 0.498. The van der Waals surface area contributed by atoms with Crippen molar-refractivity contribution in [3.63, 3.8) is 0 Å². The zero-order valence-corrected chi connectivity index (χ0v) is 16.4. The number of unbranched alkanes of at least 4 members (excludes halogenated alkanes) is 2. The van der Waals surface area contributed by atoms with Crippen LogP contribution in [0.2, 0.25) is 5.02 Å². The number of hydrogen-bond donors (Lipinski definition) is 0. The molecule has 0 saturated carbocycles. The van der Waals surface area contributed by atoms with Gasteiger partial charge in [0, 0.05) is 12.6 Å². The number of nitrogens with zero attached hydrogens (tertiary/aromatic N) is 2. The number of aryl methyl sites for hydroxylation is 1. The van der Waals surface area contributed by atoms with E-state index in [9.17, 15) is 4.79 Å². The molecular weight excluding hydrogens is 368 g/mol. The third kappa shape index (κ3) is 4.17. The fourth-order valence-corrected chi connectivity index (χ4v) is 4.05. The SMILES string of the molecule is CCCCCOc1ccc(C(=O)N=c2sc3cccc(Cl)c3n2C)cc1. The third-order valence-corrected chi connectivity index (χ3v) is 5.49. The standard InChI is InChI=1S/C20H21ClN2O2S/c1-3-4-5-13-25-15-11-9-14(10-12-15)19(24)22-20-23(2)18-16(21)7-6-8-17(18)26-20/h6-12H,3-5,13H2,1-2H3. The Balaban J connectivity index is 1.78. The minimum absolute atomic E-state index is 0.277. The number of rotatable bonds is 6. The molecule has 1 aromatic heterocycles. The van der Waals surface area contributed by atoms with Gasteiger partial charge in [-0.2, -0.15) is 4.99 Å². The van der Waals surface area contributed by atoms with Crippen molar-refractivity contribution in [1.82, 2.24) is 4.57 Å². The Morgan fingerprint density at radius 1 is 1.19 bits per heavy atom. The van der Waals surface area contributed by atoms with Crippen LogP contribution in [-0.2, 0) is 7.05 Å². The van der Waals surface area contributed by atoms with Crippen molar-refractivity contribution in [2.24, 2.45) is 12.0 Å². The average Bonchev–Trinajstić information content (AvgIpc) is 2.96. The highest BCUT2D eigenvalue weighted by Crippen LogP contribution is 2.24. The van der Waals surface area contributed by atoms with Gasteiger partial charge in [-0.25, -0.2) is 0 Å². The molecule has 0 aliphatic heterocycles. The number of fused-ring (bicyclic) bond motifs is 1. The van der Waals surface area contributed by atoms with Crippen LogP contribution in [0.25, 0.3) is 10.2 Å². The molecule has 0 fully saturated rings. The lowest BCUT2D eigenvalue weighted by molar-refractivity contribution is 0.0998. The molecule has 1 amide bonds. The lowest BCUT2D eigenvalue weighted by Gasteiger charge is -2.05. The van der Waals surface area contributed by atoms with Gasteiger partial charge in [-0.3, -0.25) is 4.79 Å². The smallest absolute Gasteiger partial charge is 0.279 e. The minimum atomic E-state index is -0.277. The molecule has 0 aliphatic carbocycles. The highest BCUT2D eigenvalue weighted by Gasteiger charge is 2.09. The fraction of sp³-hybridized carbons (Fsp3) is 0.300. The average molecular weight is 389 g/mol. The zero-order chi connectivity index (χ0) is 18.5. The topological polar surface area (TPSA) is 43.6 Å². The second-order valence-electron chi connectivity index (χ2n) is 6.03. The van der Waals surface area contributed by atoms with Gasteiger partial charge in [0.05, 0.1) is 21.8 Å². The molecule has 0 N–H and O–H groups in total. The van der Waals surface area contributed by atoms with Crippen LogP contribution in [0.15, 0.2) is 47.5 Å². The molecule has 0 bridgehead atoms. The Labute approximate surface area is 161 Å². The summed E-state index contributed by atoms with van der Waals surface area (Å²) in [7, 11) is 1.87. The van der Waals surface area contributed by atoms with Crippen LogP contribution < -0.4 is 9.54 Å². The highest BCUT2D eigenvalue weighted by molar-refractivity contribution is 7.16. The molecule has 26 heavy (non-hydrogen) atoms. The normalized spacial score (nSPS) is 11.9. The molecule has 4 nitrogen and oxygen atoms in total. The Bertz CT molecular complexity index is 974. The molecule has 1 heterocycles. The van der Waals surface area contributed by atoms with E-state index >= 15 is 0 Å². The van der Waals surface area contributed by atoms with E-state index in [4.69, 9.17) is 16.3 Å². The number of para-hydroxylation sites is 1. The maximum atomic E-state index is 12.5. The molecule has 0 atom stereocenters. The second kappa shape index (κ2) is 8.52. The first-order chi connectivity index (χ1) is 12.6. The summed E-state index contributed by atoms with van der Waals surface area (Å²) >= 11 is 7.70.